The summed E-state index contributed by atoms with van der Waals surface area (Å²) in [7, 11) is 3.38. The van der Waals surface area contributed by atoms with Gasteiger partial charge in [-0.1, -0.05) is 6.07 Å². The highest BCUT2D eigenvalue weighted by Crippen LogP contribution is 2.22. The predicted molar refractivity (Wildman–Crippen MR) is 76.2 cm³/mol. The van der Waals surface area contributed by atoms with Gasteiger partial charge in [0, 0.05) is 31.4 Å². The minimum atomic E-state index is -0.341. The third-order valence-corrected chi connectivity index (χ3v) is 3.39. The molecule has 0 bridgehead atoms. The molecular weight excluding hydrogens is 257 g/mol. The quantitative estimate of drug-likeness (QED) is 0.913. The lowest BCUT2D eigenvalue weighted by Gasteiger charge is -2.15. The summed E-state index contributed by atoms with van der Waals surface area (Å²) < 4.78 is 20.2. The van der Waals surface area contributed by atoms with Crippen molar-refractivity contribution < 1.29 is 9.13 Å². The van der Waals surface area contributed by atoms with Gasteiger partial charge in [0.05, 0.1) is 12.8 Å². The first kappa shape index (κ1) is 14.5. The van der Waals surface area contributed by atoms with Crippen molar-refractivity contribution in [2.75, 3.05) is 7.11 Å². The van der Waals surface area contributed by atoms with Crippen LogP contribution < -0.4 is 10.1 Å². The standard InChI is InChI=1S/C15H20FN3O/c1-10(12-5-6-14(16)15(7-12)20-4)17-8-13-9-19(3)18-11(13)2/h5-7,9-10,17H,8H2,1-4H3. The number of hydrogen-bond acceptors (Lipinski definition) is 3. The number of benzene rings is 1. The topological polar surface area (TPSA) is 39.1 Å². The number of ether oxygens (including phenoxy) is 1. The Bertz CT molecular complexity index is 595. The molecule has 2 rings (SSSR count). The maximum Gasteiger partial charge on any atom is 0.165 e. The van der Waals surface area contributed by atoms with Crippen LogP contribution in [0.25, 0.3) is 0 Å². The summed E-state index contributed by atoms with van der Waals surface area (Å²) in [5, 5.41) is 7.72. The lowest BCUT2D eigenvalue weighted by molar-refractivity contribution is 0.385. The van der Waals surface area contributed by atoms with E-state index >= 15 is 0 Å². The van der Waals surface area contributed by atoms with Gasteiger partial charge in [0.15, 0.2) is 11.6 Å². The Kier molecular flexibility index (Phi) is 4.39. The Morgan fingerprint density at radius 2 is 2.20 bits per heavy atom. The molecular formula is C15H20FN3O. The van der Waals surface area contributed by atoms with Gasteiger partial charge in [-0.25, -0.2) is 4.39 Å². The Morgan fingerprint density at radius 3 is 2.80 bits per heavy atom. The zero-order chi connectivity index (χ0) is 14.7. The molecule has 0 amide bonds. The highest BCUT2D eigenvalue weighted by atomic mass is 19.1. The lowest BCUT2D eigenvalue weighted by atomic mass is 10.1. The van der Waals surface area contributed by atoms with Crippen molar-refractivity contribution in [3.8, 4) is 5.75 Å². The van der Waals surface area contributed by atoms with E-state index in [4.69, 9.17) is 4.74 Å². The summed E-state index contributed by atoms with van der Waals surface area (Å²) >= 11 is 0. The molecule has 0 spiro atoms. The van der Waals surface area contributed by atoms with E-state index in [1.165, 1.54) is 13.2 Å². The molecule has 20 heavy (non-hydrogen) atoms. The Labute approximate surface area is 118 Å². The highest BCUT2D eigenvalue weighted by molar-refractivity contribution is 5.32. The normalized spacial score (nSPS) is 12.4. The molecule has 0 aliphatic heterocycles. The van der Waals surface area contributed by atoms with Gasteiger partial charge in [-0.3, -0.25) is 4.68 Å². The largest absolute Gasteiger partial charge is 0.494 e. The Morgan fingerprint density at radius 1 is 1.45 bits per heavy atom. The lowest BCUT2D eigenvalue weighted by Crippen LogP contribution is -2.18. The van der Waals surface area contributed by atoms with Gasteiger partial charge in [0.25, 0.3) is 0 Å². The zero-order valence-corrected chi connectivity index (χ0v) is 12.3. The fourth-order valence-corrected chi connectivity index (χ4v) is 2.15. The molecule has 4 nitrogen and oxygen atoms in total. The van der Waals surface area contributed by atoms with Crippen LogP contribution in [0.2, 0.25) is 0 Å². The van der Waals surface area contributed by atoms with Gasteiger partial charge in [0.2, 0.25) is 0 Å². The SMILES string of the molecule is COc1cc(C(C)NCc2cn(C)nc2C)ccc1F. The molecule has 5 heteroatoms. The van der Waals surface area contributed by atoms with Crippen molar-refractivity contribution in [3.63, 3.8) is 0 Å². The van der Waals surface area contributed by atoms with Crippen molar-refractivity contribution >= 4 is 0 Å². The molecule has 0 radical (unpaired) electrons. The number of rotatable bonds is 5. The molecule has 2 aromatic rings. The second-order valence-electron chi connectivity index (χ2n) is 4.91. The monoisotopic (exact) mass is 277 g/mol. The third-order valence-electron chi connectivity index (χ3n) is 3.39. The molecule has 1 aromatic heterocycles. The van der Waals surface area contributed by atoms with Crippen LogP contribution in [0, 0.1) is 12.7 Å². The molecule has 0 saturated heterocycles. The summed E-state index contributed by atoms with van der Waals surface area (Å²) in [6.45, 7) is 4.75. The molecule has 1 heterocycles. The van der Waals surface area contributed by atoms with Crippen molar-refractivity contribution in [1.82, 2.24) is 15.1 Å². The maximum absolute atomic E-state index is 13.4. The number of halogens is 1. The van der Waals surface area contributed by atoms with E-state index in [-0.39, 0.29) is 17.6 Å². The van der Waals surface area contributed by atoms with Crippen LogP contribution in [0.4, 0.5) is 4.39 Å². The molecule has 0 aliphatic carbocycles. The van der Waals surface area contributed by atoms with Gasteiger partial charge >= 0.3 is 0 Å². The van der Waals surface area contributed by atoms with E-state index in [0.29, 0.717) is 0 Å². The van der Waals surface area contributed by atoms with Gasteiger partial charge in [0.1, 0.15) is 0 Å². The minimum Gasteiger partial charge on any atom is -0.494 e. The highest BCUT2D eigenvalue weighted by Gasteiger charge is 2.10. The fourth-order valence-electron chi connectivity index (χ4n) is 2.15. The van der Waals surface area contributed by atoms with E-state index in [1.54, 1.807) is 16.8 Å². The fraction of sp³-hybridized carbons (Fsp3) is 0.400. The van der Waals surface area contributed by atoms with E-state index in [1.807, 2.05) is 27.1 Å². The summed E-state index contributed by atoms with van der Waals surface area (Å²) in [5.41, 5.74) is 3.17. The first-order valence-electron chi connectivity index (χ1n) is 6.57. The number of aryl methyl sites for hydroxylation is 2. The maximum atomic E-state index is 13.4. The number of aromatic nitrogens is 2. The van der Waals surface area contributed by atoms with Crippen LogP contribution in [0.3, 0.4) is 0 Å². The van der Waals surface area contributed by atoms with E-state index < -0.39 is 0 Å². The summed E-state index contributed by atoms with van der Waals surface area (Å²) in [5.74, 6) is -0.0692. The first-order chi connectivity index (χ1) is 9.51. The van der Waals surface area contributed by atoms with Crippen LogP contribution in [-0.4, -0.2) is 16.9 Å². The van der Waals surface area contributed by atoms with Crippen LogP contribution in [0.5, 0.6) is 5.75 Å². The number of nitrogens with one attached hydrogen (secondary N) is 1. The molecule has 1 aromatic carbocycles. The average molecular weight is 277 g/mol. The van der Waals surface area contributed by atoms with Crippen LogP contribution >= 0.6 is 0 Å². The Balaban J connectivity index is 2.05. The smallest absolute Gasteiger partial charge is 0.165 e. The van der Waals surface area contributed by atoms with E-state index in [9.17, 15) is 4.39 Å². The first-order valence-corrected chi connectivity index (χ1v) is 6.57. The summed E-state index contributed by atoms with van der Waals surface area (Å²) in [4.78, 5) is 0. The molecule has 108 valence electrons. The van der Waals surface area contributed by atoms with Crippen molar-refractivity contribution in [2.45, 2.75) is 26.4 Å². The van der Waals surface area contributed by atoms with Crippen LogP contribution in [-0.2, 0) is 13.6 Å². The van der Waals surface area contributed by atoms with Gasteiger partial charge < -0.3 is 10.1 Å². The second-order valence-corrected chi connectivity index (χ2v) is 4.91. The van der Waals surface area contributed by atoms with Crippen LogP contribution in [0.1, 0.15) is 29.8 Å². The molecule has 1 unspecified atom stereocenters. The molecule has 1 atom stereocenters. The van der Waals surface area contributed by atoms with E-state index in [2.05, 4.69) is 10.4 Å². The van der Waals surface area contributed by atoms with Gasteiger partial charge in [-0.15, -0.1) is 0 Å². The van der Waals surface area contributed by atoms with Crippen molar-refractivity contribution in [2.24, 2.45) is 7.05 Å². The Hall–Kier alpha value is -1.88. The van der Waals surface area contributed by atoms with Gasteiger partial charge in [-0.05, 0) is 31.5 Å². The zero-order valence-electron chi connectivity index (χ0n) is 12.3. The minimum absolute atomic E-state index is 0.101. The molecule has 1 N–H and O–H groups in total. The second kappa shape index (κ2) is 6.05. The van der Waals surface area contributed by atoms with Crippen LogP contribution in [0.15, 0.2) is 24.4 Å². The van der Waals surface area contributed by atoms with Crippen molar-refractivity contribution in [1.29, 1.82) is 0 Å². The third kappa shape index (κ3) is 3.17. The number of nitrogens with zero attached hydrogens (tertiary/aromatic N) is 2. The molecule has 0 fully saturated rings. The van der Waals surface area contributed by atoms with Gasteiger partial charge in [-0.2, -0.15) is 5.10 Å². The average Bonchev–Trinajstić information content (AvgIpc) is 2.74. The summed E-state index contributed by atoms with van der Waals surface area (Å²) in [6.07, 6.45) is 2.00. The van der Waals surface area contributed by atoms with Crippen molar-refractivity contribution in [3.05, 3.63) is 47.0 Å². The number of methoxy groups -OCH3 is 1. The summed E-state index contributed by atoms with van der Waals surface area (Å²) in [6, 6.07) is 5.03. The molecule has 0 aliphatic rings. The number of hydrogen-bond donors (Lipinski definition) is 1. The van der Waals surface area contributed by atoms with E-state index in [0.717, 1.165) is 23.4 Å². The predicted octanol–water partition coefficient (Wildman–Crippen LogP) is 2.73. The molecule has 0 saturated carbocycles.